The molecule has 184 valence electrons. The van der Waals surface area contributed by atoms with E-state index in [2.05, 4.69) is 20.8 Å². The minimum absolute atomic E-state index is 0.0146. The molecule has 2 heterocycles. The zero-order valence-corrected chi connectivity index (χ0v) is 21.0. The van der Waals surface area contributed by atoms with Gasteiger partial charge in [-0.05, 0) is 52.9 Å². The lowest BCUT2D eigenvalue weighted by Crippen LogP contribution is -2.29. The Balaban J connectivity index is 1.68. The normalized spacial score (nSPS) is 19.0. The molecule has 36 heavy (non-hydrogen) atoms. The molecule has 1 saturated heterocycles. The van der Waals surface area contributed by atoms with E-state index in [-0.39, 0.29) is 16.7 Å². The number of aliphatic hydroxyl groups is 1. The molecule has 2 aliphatic heterocycles. The van der Waals surface area contributed by atoms with Gasteiger partial charge in [-0.1, -0.05) is 56.6 Å². The number of rotatable bonds is 3. The molecule has 0 saturated carbocycles. The molecule has 2 aliphatic rings. The number of halogens is 1. The summed E-state index contributed by atoms with van der Waals surface area (Å²) in [4.78, 5) is 28.2. The molecule has 1 fully saturated rings. The Morgan fingerprint density at radius 1 is 0.917 bits per heavy atom. The topological polar surface area (TPSA) is 76.1 Å². The Morgan fingerprint density at radius 2 is 1.56 bits per heavy atom. The number of ketones is 1. The van der Waals surface area contributed by atoms with Crippen LogP contribution in [0.5, 0.6) is 11.5 Å². The van der Waals surface area contributed by atoms with E-state index in [1.165, 1.54) is 4.90 Å². The van der Waals surface area contributed by atoms with E-state index in [0.29, 0.717) is 46.5 Å². The van der Waals surface area contributed by atoms with Gasteiger partial charge >= 0.3 is 0 Å². The van der Waals surface area contributed by atoms with Crippen molar-refractivity contribution in [2.45, 2.75) is 32.2 Å². The van der Waals surface area contributed by atoms with Crippen LogP contribution < -0.4 is 14.4 Å². The van der Waals surface area contributed by atoms with E-state index >= 15 is 0 Å². The number of ether oxygens (including phenoxy) is 2. The van der Waals surface area contributed by atoms with E-state index in [9.17, 15) is 14.7 Å². The maximum atomic E-state index is 13.4. The number of nitrogens with zero attached hydrogens (tertiary/aromatic N) is 1. The van der Waals surface area contributed by atoms with Crippen LogP contribution in [-0.2, 0) is 15.0 Å². The van der Waals surface area contributed by atoms with Crippen LogP contribution in [0, 0.1) is 0 Å². The van der Waals surface area contributed by atoms with Gasteiger partial charge in [0.15, 0.2) is 11.5 Å². The molecule has 0 bridgehead atoms. The number of carbonyl (C=O) groups is 2. The third kappa shape index (κ3) is 4.22. The summed E-state index contributed by atoms with van der Waals surface area (Å²) in [6.45, 7) is 7.18. The molecule has 0 spiro atoms. The van der Waals surface area contributed by atoms with E-state index in [4.69, 9.17) is 21.1 Å². The van der Waals surface area contributed by atoms with E-state index < -0.39 is 17.7 Å². The summed E-state index contributed by atoms with van der Waals surface area (Å²) >= 11 is 6.02. The van der Waals surface area contributed by atoms with Crippen LogP contribution in [0.1, 0.15) is 43.5 Å². The summed E-state index contributed by atoms with van der Waals surface area (Å²) in [7, 11) is 0. The zero-order valence-electron chi connectivity index (χ0n) is 20.2. The highest BCUT2D eigenvalue weighted by molar-refractivity contribution is 6.51. The first kappa shape index (κ1) is 23.9. The number of hydrogen-bond donors (Lipinski definition) is 1. The molecule has 1 N–H and O–H groups in total. The maximum absolute atomic E-state index is 13.4. The van der Waals surface area contributed by atoms with Crippen molar-refractivity contribution in [2.24, 2.45) is 0 Å². The van der Waals surface area contributed by atoms with Crippen molar-refractivity contribution < 1.29 is 24.2 Å². The highest BCUT2D eigenvalue weighted by Gasteiger charge is 2.47. The minimum atomic E-state index is -0.836. The summed E-state index contributed by atoms with van der Waals surface area (Å²) in [6, 6.07) is 18.6. The number of amides is 1. The lowest BCUT2D eigenvalue weighted by atomic mass is 9.85. The SMILES string of the molecule is CC(C)(C)c1ccc(C2/C(=C(\O)c3ccc(Cl)cc3)C(=O)C(=O)N2c2ccc3c(c2)OCCO3)cc1. The molecular formula is C29H26ClNO5. The zero-order chi connectivity index (χ0) is 25.6. The average molecular weight is 504 g/mol. The number of Topliss-reactive ketones (excluding diaryl/α,β-unsaturated/α-hetero) is 1. The Hall–Kier alpha value is -3.77. The lowest BCUT2D eigenvalue weighted by Gasteiger charge is -2.28. The van der Waals surface area contributed by atoms with Crippen LogP contribution in [0.25, 0.3) is 5.76 Å². The van der Waals surface area contributed by atoms with E-state index in [1.54, 1.807) is 42.5 Å². The van der Waals surface area contributed by atoms with Crippen molar-refractivity contribution in [1.29, 1.82) is 0 Å². The molecular weight excluding hydrogens is 478 g/mol. The maximum Gasteiger partial charge on any atom is 0.300 e. The van der Waals surface area contributed by atoms with Gasteiger partial charge in [-0.2, -0.15) is 0 Å². The Bertz CT molecular complexity index is 1370. The average Bonchev–Trinajstić information content (AvgIpc) is 3.13. The van der Waals surface area contributed by atoms with Gasteiger partial charge in [0.05, 0.1) is 11.6 Å². The largest absolute Gasteiger partial charge is 0.507 e. The second-order valence-corrected chi connectivity index (χ2v) is 10.3. The first-order chi connectivity index (χ1) is 17.1. The second kappa shape index (κ2) is 9.03. The van der Waals surface area contributed by atoms with Gasteiger partial charge in [-0.3, -0.25) is 14.5 Å². The predicted molar refractivity (Wildman–Crippen MR) is 139 cm³/mol. The van der Waals surface area contributed by atoms with Gasteiger partial charge in [0.2, 0.25) is 0 Å². The van der Waals surface area contributed by atoms with E-state index in [1.807, 2.05) is 24.3 Å². The molecule has 1 amide bonds. The van der Waals surface area contributed by atoms with Crippen molar-refractivity contribution in [3.05, 3.63) is 94.0 Å². The number of hydrogen-bond acceptors (Lipinski definition) is 5. The molecule has 5 rings (SSSR count). The lowest BCUT2D eigenvalue weighted by molar-refractivity contribution is -0.132. The van der Waals surface area contributed by atoms with Crippen LogP contribution in [0.3, 0.4) is 0 Å². The van der Waals surface area contributed by atoms with Gasteiger partial charge < -0.3 is 14.6 Å². The van der Waals surface area contributed by atoms with Crippen LogP contribution >= 0.6 is 11.6 Å². The molecule has 1 atom stereocenters. The van der Waals surface area contributed by atoms with Crippen LogP contribution in [0.4, 0.5) is 5.69 Å². The van der Waals surface area contributed by atoms with E-state index in [0.717, 1.165) is 5.56 Å². The molecule has 0 radical (unpaired) electrons. The van der Waals surface area contributed by atoms with Gasteiger partial charge in [-0.25, -0.2) is 0 Å². The molecule has 3 aromatic rings. The van der Waals surface area contributed by atoms with Gasteiger partial charge in [0.1, 0.15) is 19.0 Å². The number of aliphatic hydroxyl groups excluding tert-OH is 1. The first-order valence-corrected chi connectivity index (χ1v) is 12.1. The number of benzene rings is 3. The standard InChI is InChI=1S/C29H26ClNO5/c1-29(2,3)19-8-4-17(5-9-19)25-24(26(32)18-6-10-20(30)11-7-18)27(33)28(34)31(25)21-12-13-22-23(16-21)36-15-14-35-22/h4-13,16,25,32H,14-15H2,1-3H3/b26-24+. The summed E-state index contributed by atoms with van der Waals surface area (Å²) in [5, 5.41) is 11.8. The molecule has 7 heteroatoms. The number of carbonyl (C=O) groups excluding carboxylic acids is 2. The Kier molecular flexibility index (Phi) is 6.00. The first-order valence-electron chi connectivity index (χ1n) is 11.7. The highest BCUT2D eigenvalue weighted by Crippen LogP contribution is 2.44. The highest BCUT2D eigenvalue weighted by atomic mass is 35.5. The van der Waals surface area contributed by atoms with Crippen molar-refractivity contribution in [3.63, 3.8) is 0 Å². The van der Waals surface area contributed by atoms with Gasteiger partial charge in [-0.15, -0.1) is 0 Å². The summed E-state index contributed by atoms with van der Waals surface area (Å²) in [5.41, 5.74) is 2.63. The molecule has 1 unspecified atom stereocenters. The minimum Gasteiger partial charge on any atom is -0.507 e. The van der Waals surface area contributed by atoms with Crippen LogP contribution in [0.2, 0.25) is 5.02 Å². The van der Waals surface area contributed by atoms with Crippen molar-refractivity contribution >= 4 is 34.7 Å². The Morgan fingerprint density at radius 3 is 2.19 bits per heavy atom. The second-order valence-electron chi connectivity index (χ2n) is 9.88. The summed E-state index contributed by atoms with van der Waals surface area (Å²) in [6.07, 6.45) is 0. The molecule has 0 aromatic heterocycles. The fraction of sp³-hybridized carbons (Fsp3) is 0.241. The summed E-state index contributed by atoms with van der Waals surface area (Å²) < 4.78 is 11.3. The van der Waals surface area contributed by atoms with Gasteiger partial charge in [0, 0.05) is 22.3 Å². The fourth-order valence-corrected chi connectivity index (χ4v) is 4.65. The molecule has 0 aliphatic carbocycles. The van der Waals surface area contributed by atoms with Crippen molar-refractivity contribution in [2.75, 3.05) is 18.1 Å². The third-order valence-corrected chi connectivity index (χ3v) is 6.71. The molecule has 6 nitrogen and oxygen atoms in total. The smallest absolute Gasteiger partial charge is 0.300 e. The number of anilines is 1. The quantitative estimate of drug-likeness (QED) is 0.268. The monoisotopic (exact) mass is 503 g/mol. The van der Waals surface area contributed by atoms with Crippen molar-refractivity contribution in [3.8, 4) is 11.5 Å². The Labute approximate surface area is 214 Å². The van der Waals surface area contributed by atoms with Crippen LogP contribution in [0.15, 0.2) is 72.3 Å². The summed E-state index contributed by atoms with van der Waals surface area (Å²) in [5.74, 6) is -0.668. The number of fused-ring (bicyclic) bond motifs is 1. The van der Waals surface area contributed by atoms with Crippen LogP contribution in [-0.4, -0.2) is 30.0 Å². The predicted octanol–water partition coefficient (Wildman–Crippen LogP) is 6.04. The van der Waals surface area contributed by atoms with Crippen molar-refractivity contribution in [1.82, 2.24) is 0 Å². The molecule has 3 aromatic carbocycles. The van der Waals surface area contributed by atoms with Gasteiger partial charge in [0.25, 0.3) is 11.7 Å². The third-order valence-electron chi connectivity index (χ3n) is 6.46. The fourth-order valence-electron chi connectivity index (χ4n) is 4.52.